The fourth-order valence-corrected chi connectivity index (χ4v) is 3.40. The summed E-state index contributed by atoms with van der Waals surface area (Å²) in [5.74, 6) is 2.03. The Kier molecular flexibility index (Phi) is 4.25. The van der Waals surface area contributed by atoms with Crippen LogP contribution in [0.3, 0.4) is 0 Å². The molecule has 0 spiro atoms. The molecule has 3 rings (SSSR count). The highest BCUT2D eigenvalue weighted by molar-refractivity contribution is 5.80. The van der Waals surface area contributed by atoms with E-state index in [0.717, 1.165) is 43.0 Å². The predicted molar refractivity (Wildman–Crippen MR) is 83.6 cm³/mol. The number of fused-ring (bicyclic) bond motifs is 1. The topological polar surface area (TPSA) is 64.8 Å². The van der Waals surface area contributed by atoms with Gasteiger partial charge < -0.3 is 20.1 Å². The van der Waals surface area contributed by atoms with Gasteiger partial charge in [0.25, 0.3) is 0 Å². The molecule has 22 heavy (non-hydrogen) atoms. The molecular formula is C17H24N2O3. The van der Waals surface area contributed by atoms with Crippen LogP contribution < -0.4 is 15.2 Å². The van der Waals surface area contributed by atoms with Gasteiger partial charge in [0, 0.05) is 25.0 Å². The highest BCUT2D eigenvalue weighted by Gasteiger charge is 2.42. The summed E-state index contributed by atoms with van der Waals surface area (Å²) in [6, 6.07) is 5.70. The number of hydrogen-bond acceptors (Lipinski definition) is 4. The number of carbonyl (C=O) groups is 1. The molecule has 1 fully saturated rings. The van der Waals surface area contributed by atoms with E-state index in [9.17, 15) is 4.79 Å². The largest absolute Gasteiger partial charge is 0.454 e. The van der Waals surface area contributed by atoms with E-state index in [2.05, 4.69) is 0 Å². The third-order valence-electron chi connectivity index (χ3n) is 4.96. The van der Waals surface area contributed by atoms with Gasteiger partial charge in [-0.1, -0.05) is 6.07 Å². The first-order chi connectivity index (χ1) is 10.7. The highest BCUT2D eigenvalue weighted by atomic mass is 16.7. The molecule has 0 aromatic heterocycles. The minimum Gasteiger partial charge on any atom is -0.454 e. The lowest BCUT2D eigenvalue weighted by Gasteiger charge is -2.41. The molecule has 1 aliphatic carbocycles. The van der Waals surface area contributed by atoms with Crippen molar-refractivity contribution >= 4 is 5.91 Å². The van der Waals surface area contributed by atoms with Gasteiger partial charge in [-0.25, -0.2) is 0 Å². The van der Waals surface area contributed by atoms with Crippen LogP contribution in [-0.4, -0.2) is 30.7 Å². The number of hydrogen-bond donors (Lipinski definition) is 1. The normalized spacial score (nSPS) is 23.8. The van der Waals surface area contributed by atoms with Crippen LogP contribution in [0.4, 0.5) is 0 Å². The summed E-state index contributed by atoms with van der Waals surface area (Å²) in [4.78, 5) is 14.5. The van der Waals surface area contributed by atoms with Gasteiger partial charge >= 0.3 is 0 Å². The third-order valence-corrected chi connectivity index (χ3v) is 4.96. The van der Waals surface area contributed by atoms with E-state index in [4.69, 9.17) is 15.2 Å². The van der Waals surface area contributed by atoms with Crippen LogP contribution in [0.1, 0.15) is 38.3 Å². The van der Waals surface area contributed by atoms with Crippen molar-refractivity contribution in [2.45, 2.75) is 32.7 Å². The maximum atomic E-state index is 12.5. The van der Waals surface area contributed by atoms with Gasteiger partial charge in [0.2, 0.25) is 12.7 Å². The van der Waals surface area contributed by atoms with Crippen molar-refractivity contribution in [1.82, 2.24) is 4.90 Å². The fraction of sp³-hybridized carbons (Fsp3) is 0.588. The van der Waals surface area contributed by atoms with E-state index in [1.807, 2.05) is 36.9 Å². The number of carbonyl (C=O) groups excluding carboxylic acids is 1. The van der Waals surface area contributed by atoms with Gasteiger partial charge in [0.15, 0.2) is 11.5 Å². The second-order valence-corrected chi connectivity index (χ2v) is 6.00. The van der Waals surface area contributed by atoms with Crippen molar-refractivity contribution in [3.05, 3.63) is 23.8 Å². The first-order valence-electron chi connectivity index (χ1n) is 8.09. The highest BCUT2D eigenvalue weighted by Crippen LogP contribution is 2.44. The molecule has 2 N–H and O–H groups in total. The Labute approximate surface area is 131 Å². The Hall–Kier alpha value is -1.75. The van der Waals surface area contributed by atoms with Crippen LogP contribution in [0.15, 0.2) is 18.2 Å². The monoisotopic (exact) mass is 304 g/mol. The zero-order chi connectivity index (χ0) is 15.7. The molecule has 3 atom stereocenters. The summed E-state index contributed by atoms with van der Waals surface area (Å²) in [5.41, 5.74) is 7.46. The summed E-state index contributed by atoms with van der Waals surface area (Å²) >= 11 is 0. The summed E-state index contributed by atoms with van der Waals surface area (Å²) in [6.45, 7) is 5.83. The average molecular weight is 304 g/mol. The number of nitrogens with zero attached hydrogens (tertiary/aromatic N) is 1. The van der Waals surface area contributed by atoms with E-state index < -0.39 is 0 Å². The Morgan fingerprint density at radius 2 is 2.00 bits per heavy atom. The molecule has 3 unspecified atom stereocenters. The molecular weight excluding hydrogens is 280 g/mol. The summed E-state index contributed by atoms with van der Waals surface area (Å²) in [5, 5.41) is 0. The quantitative estimate of drug-likeness (QED) is 0.906. The SMILES string of the molecule is CCN(CC)C(=O)C1CCC1C(N)c1ccc2c(c1)OCO2. The number of ether oxygens (including phenoxy) is 2. The summed E-state index contributed by atoms with van der Waals surface area (Å²) in [7, 11) is 0. The van der Waals surface area contributed by atoms with Crippen LogP contribution in [-0.2, 0) is 4.79 Å². The van der Waals surface area contributed by atoms with Gasteiger partial charge in [0.05, 0.1) is 0 Å². The Balaban J connectivity index is 1.72. The number of benzene rings is 1. The average Bonchev–Trinajstić information content (AvgIpc) is 2.94. The van der Waals surface area contributed by atoms with Crippen LogP contribution >= 0.6 is 0 Å². The summed E-state index contributed by atoms with van der Waals surface area (Å²) < 4.78 is 10.7. The minimum atomic E-state index is -0.132. The first kappa shape index (κ1) is 15.2. The molecule has 2 aliphatic rings. The molecule has 5 heteroatoms. The molecule has 0 saturated heterocycles. The van der Waals surface area contributed by atoms with Gasteiger partial charge in [-0.3, -0.25) is 4.79 Å². The molecule has 5 nitrogen and oxygen atoms in total. The van der Waals surface area contributed by atoms with E-state index in [-0.39, 0.29) is 30.6 Å². The second-order valence-electron chi connectivity index (χ2n) is 6.00. The van der Waals surface area contributed by atoms with Crippen molar-refractivity contribution in [3.8, 4) is 11.5 Å². The van der Waals surface area contributed by atoms with Crippen LogP contribution in [0.5, 0.6) is 11.5 Å². The standard InChI is InChI=1S/C17H24N2O3/c1-3-19(4-2)17(20)13-7-6-12(13)16(18)11-5-8-14-15(9-11)22-10-21-14/h5,8-9,12-13,16H,3-4,6-7,10,18H2,1-2H3. The van der Waals surface area contributed by atoms with Gasteiger partial charge in [-0.15, -0.1) is 0 Å². The predicted octanol–water partition coefficient (Wildman–Crippen LogP) is 2.31. The molecule has 1 aromatic carbocycles. The fourth-order valence-electron chi connectivity index (χ4n) is 3.40. The van der Waals surface area contributed by atoms with Crippen LogP contribution in [0, 0.1) is 11.8 Å². The molecule has 1 saturated carbocycles. The van der Waals surface area contributed by atoms with Crippen LogP contribution in [0.2, 0.25) is 0 Å². The second kappa shape index (κ2) is 6.16. The van der Waals surface area contributed by atoms with E-state index in [1.165, 1.54) is 0 Å². The van der Waals surface area contributed by atoms with Crippen molar-refractivity contribution < 1.29 is 14.3 Å². The molecule has 1 aliphatic heterocycles. The van der Waals surface area contributed by atoms with Crippen molar-refractivity contribution in [2.75, 3.05) is 19.9 Å². The Bertz CT molecular complexity index is 557. The van der Waals surface area contributed by atoms with Gasteiger partial charge in [0.1, 0.15) is 0 Å². The number of nitrogens with two attached hydrogens (primary N) is 1. The van der Waals surface area contributed by atoms with Crippen molar-refractivity contribution in [1.29, 1.82) is 0 Å². The van der Waals surface area contributed by atoms with E-state index >= 15 is 0 Å². The zero-order valence-corrected chi connectivity index (χ0v) is 13.2. The smallest absolute Gasteiger partial charge is 0.231 e. The van der Waals surface area contributed by atoms with Crippen molar-refractivity contribution in [2.24, 2.45) is 17.6 Å². The molecule has 1 aromatic rings. The molecule has 120 valence electrons. The number of amides is 1. The number of rotatable bonds is 5. The molecule has 1 amide bonds. The van der Waals surface area contributed by atoms with Crippen molar-refractivity contribution in [3.63, 3.8) is 0 Å². The lowest BCUT2D eigenvalue weighted by molar-refractivity contribution is -0.141. The maximum Gasteiger partial charge on any atom is 0.231 e. The molecule has 1 heterocycles. The lowest BCUT2D eigenvalue weighted by atomic mass is 9.67. The molecule has 0 radical (unpaired) electrons. The first-order valence-corrected chi connectivity index (χ1v) is 8.09. The third kappa shape index (κ3) is 2.54. The molecule has 0 bridgehead atoms. The van der Waals surface area contributed by atoms with Crippen LogP contribution in [0.25, 0.3) is 0 Å². The van der Waals surface area contributed by atoms with Gasteiger partial charge in [-0.05, 0) is 50.3 Å². The Morgan fingerprint density at radius 3 is 2.64 bits per heavy atom. The van der Waals surface area contributed by atoms with E-state index in [0.29, 0.717) is 0 Å². The lowest BCUT2D eigenvalue weighted by Crippen LogP contribution is -2.46. The summed E-state index contributed by atoms with van der Waals surface area (Å²) in [6.07, 6.45) is 1.95. The Morgan fingerprint density at radius 1 is 1.27 bits per heavy atom. The minimum absolute atomic E-state index is 0.0559. The maximum absolute atomic E-state index is 12.5. The van der Waals surface area contributed by atoms with E-state index in [1.54, 1.807) is 0 Å². The zero-order valence-electron chi connectivity index (χ0n) is 13.2. The van der Waals surface area contributed by atoms with Gasteiger partial charge in [-0.2, -0.15) is 0 Å².